The molecule has 4 heteroatoms. The molecular formula is C9H20ClFN2. The minimum absolute atomic E-state index is 0. The molecule has 1 heterocycles. The Morgan fingerprint density at radius 1 is 1.54 bits per heavy atom. The number of hydrogen-bond donors (Lipinski definition) is 1. The zero-order chi connectivity index (χ0) is 9.03. The van der Waals surface area contributed by atoms with Crippen molar-refractivity contribution in [2.75, 3.05) is 26.2 Å². The fourth-order valence-electron chi connectivity index (χ4n) is 1.80. The summed E-state index contributed by atoms with van der Waals surface area (Å²) in [5.74, 6) is 0. The third-order valence-corrected chi connectivity index (χ3v) is 2.40. The van der Waals surface area contributed by atoms with Crippen LogP contribution in [0.1, 0.15) is 26.2 Å². The monoisotopic (exact) mass is 210 g/mol. The van der Waals surface area contributed by atoms with Gasteiger partial charge in [-0.1, -0.05) is 0 Å². The van der Waals surface area contributed by atoms with Crippen molar-refractivity contribution in [3.63, 3.8) is 0 Å². The van der Waals surface area contributed by atoms with Crippen molar-refractivity contribution in [1.29, 1.82) is 0 Å². The number of alkyl halides is 1. The molecule has 0 bridgehead atoms. The number of piperidine rings is 1. The van der Waals surface area contributed by atoms with Gasteiger partial charge in [0.1, 0.15) is 5.67 Å². The fourth-order valence-corrected chi connectivity index (χ4v) is 1.80. The van der Waals surface area contributed by atoms with E-state index in [1.54, 1.807) is 6.92 Å². The first kappa shape index (κ1) is 13.1. The van der Waals surface area contributed by atoms with Gasteiger partial charge in [0.2, 0.25) is 0 Å². The van der Waals surface area contributed by atoms with E-state index in [9.17, 15) is 4.39 Å². The van der Waals surface area contributed by atoms with Gasteiger partial charge in [-0.05, 0) is 45.8 Å². The van der Waals surface area contributed by atoms with Crippen LogP contribution in [0, 0.1) is 0 Å². The van der Waals surface area contributed by atoms with Crippen molar-refractivity contribution >= 4 is 12.4 Å². The summed E-state index contributed by atoms with van der Waals surface area (Å²) in [7, 11) is 0. The van der Waals surface area contributed by atoms with Gasteiger partial charge < -0.3 is 10.6 Å². The van der Waals surface area contributed by atoms with Crippen LogP contribution in [0.2, 0.25) is 0 Å². The molecule has 13 heavy (non-hydrogen) atoms. The van der Waals surface area contributed by atoms with E-state index in [1.165, 1.54) is 0 Å². The van der Waals surface area contributed by atoms with E-state index < -0.39 is 5.67 Å². The zero-order valence-corrected chi connectivity index (χ0v) is 9.08. The highest BCUT2D eigenvalue weighted by atomic mass is 35.5. The Bertz CT molecular complexity index is 142. The summed E-state index contributed by atoms with van der Waals surface area (Å²) in [4.78, 5) is 2.18. The highest BCUT2D eigenvalue weighted by Gasteiger charge is 2.29. The van der Waals surface area contributed by atoms with Gasteiger partial charge >= 0.3 is 0 Å². The number of nitrogens with zero attached hydrogens (tertiary/aromatic N) is 1. The van der Waals surface area contributed by atoms with Gasteiger partial charge in [-0.3, -0.25) is 0 Å². The van der Waals surface area contributed by atoms with Gasteiger partial charge in [-0.15, -0.1) is 12.4 Å². The van der Waals surface area contributed by atoms with Crippen LogP contribution in [0.5, 0.6) is 0 Å². The molecule has 1 aliphatic rings. The van der Waals surface area contributed by atoms with Crippen LogP contribution in [-0.4, -0.2) is 36.7 Å². The molecule has 2 N–H and O–H groups in total. The Morgan fingerprint density at radius 2 is 2.23 bits per heavy atom. The summed E-state index contributed by atoms with van der Waals surface area (Å²) in [6, 6.07) is 0. The number of likely N-dealkylation sites (tertiary alicyclic amines) is 1. The molecule has 1 fully saturated rings. The van der Waals surface area contributed by atoms with Crippen LogP contribution in [0.3, 0.4) is 0 Å². The average molecular weight is 211 g/mol. The molecule has 1 unspecified atom stereocenters. The van der Waals surface area contributed by atoms with Gasteiger partial charge in [0.05, 0.1) is 0 Å². The number of hydrogen-bond acceptors (Lipinski definition) is 2. The van der Waals surface area contributed by atoms with Crippen molar-refractivity contribution < 1.29 is 4.39 Å². The Kier molecular flexibility index (Phi) is 5.85. The van der Waals surface area contributed by atoms with Crippen LogP contribution < -0.4 is 5.73 Å². The molecule has 1 aliphatic heterocycles. The summed E-state index contributed by atoms with van der Waals surface area (Å²) >= 11 is 0. The second-order valence-electron chi connectivity index (χ2n) is 3.94. The molecule has 0 spiro atoms. The quantitative estimate of drug-likeness (QED) is 0.767. The predicted molar refractivity (Wildman–Crippen MR) is 56.1 cm³/mol. The van der Waals surface area contributed by atoms with E-state index in [-0.39, 0.29) is 12.4 Å². The standard InChI is InChI=1S/C9H19FN2.ClH/c1-9(10)4-2-6-12(8-9)7-3-5-11;/h2-8,11H2,1H3;1H. The van der Waals surface area contributed by atoms with Gasteiger partial charge in [-0.25, -0.2) is 4.39 Å². The highest BCUT2D eigenvalue weighted by Crippen LogP contribution is 2.24. The first-order chi connectivity index (χ1) is 5.64. The topological polar surface area (TPSA) is 29.3 Å². The zero-order valence-electron chi connectivity index (χ0n) is 8.26. The maximum atomic E-state index is 13.5. The van der Waals surface area contributed by atoms with E-state index >= 15 is 0 Å². The SMILES string of the molecule is CC1(F)CCCN(CCCN)C1.Cl. The number of nitrogens with two attached hydrogens (primary N) is 1. The summed E-state index contributed by atoms with van der Waals surface area (Å²) in [5.41, 5.74) is 4.43. The summed E-state index contributed by atoms with van der Waals surface area (Å²) in [6.07, 6.45) is 2.68. The van der Waals surface area contributed by atoms with Crippen molar-refractivity contribution in [2.24, 2.45) is 5.73 Å². The first-order valence-corrected chi connectivity index (χ1v) is 4.75. The molecule has 0 amide bonds. The van der Waals surface area contributed by atoms with Crippen molar-refractivity contribution in [2.45, 2.75) is 31.9 Å². The lowest BCUT2D eigenvalue weighted by molar-refractivity contribution is 0.0603. The van der Waals surface area contributed by atoms with Gasteiger partial charge in [0.15, 0.2) is 0 Å². The van der Waals surface area contributed by atoms with Gasteiger partial charge in [0, 0.05) is 6.54 Å². The van der Waals surface area contributed by atoms with Gasteiger partial charge in [-0.2, -0.15) is 0 Å². The molecule has 2 nitrogen and oxygen atoms in total. The van der Waals surface area contributed by atoms with Crippen molar-refractivity contribution in [3.05, 3.63) is 0 Å². The number of halogens is 2. The minimum Gasteiger partial charge on any atom is -0.330 e. The Labute approximate surface area is 86.1 Å². The van der Waals surface area contributed by atoms with Crippen LogP contribution in [-0.2, 0) is 0 Å². The van der Waals surface area contributed by atoms with Crippen LogP contribution in [0.25, 0.3) is 0 Å². The smallest absolute Gasteiger partial charge is 0.120 e. The van der Waals surface area contributed by atoms with Gasteiger partial charge in [0.25, 0.3) is 0 Å². The van der Waals surface area contributed by atoms with Crippen molar-refractivity contribution in [3.8, 4) is 0 Å². The lowest BCUT2D eigenvalue weighted by Gasteiger charge is -2.34. The molecular weight excluding hydrogens is 191 g/mol. The minimum atomic E-state index is -0.965. The molecule has 80 valence electrons. The largest absolute Gasteiger partial charge is 0.330 e. The molecule has 0 aromatic carbocycles. The van der Waals surface area contributed by atoms with E-state index in [2.05, 4.69) is 4.90 Å². The second kappa shape index (κ2) is 5.78. The Morgan fingerprint density at radius 3 is 2.77 bits per heavy atom. The first-order valence-electron chi connectivity index (χ1n) is 4.75. The lowest BCUT2D eigenvalue weighted by Crippen LogP contribution is -2.43. The third kappa shape index (κ3) is 4.79. The number of rotatable bonds is 3. The molecule has 0 aliphatic carbocycles. The Balaban J connectivity index is 0.00000144. The van der Waals surface area contributed by atoms with E-state index in [4.69, 9.17) is 5.73 Å². The maximum Gasteiger partial charge on any atom is 0.120 e. The van der Waals surface area contributed by atoms with Crippen LogP contribution in [0.15, 0.2) is 0 Å². The van der Waals surface area contributed by atoms with E-state index in [0.717, 1.165) is 25.9 Å². The molecule has 0 aromatic rings. The third-order valence-electron chi connectivity index (χ3n) is 2.40. The van der Waals surface area contributed by atoms with Crippen LogP contribution in [0.4, 0.5) is 4.39 Å². The van der Waals surface area contributed by atoms with E-state index in [0.29, 0.717) is 19.5 Å². The molecule has 1 atom stereocenters. The second-order valence-corrected chi connectivity index (χ2v) is 3.94. The predicted octanol–water partition coefficient (Wildman–Crippen LogP) is 1.58. The summed E-state index contributed by atoms with van der Waals surface area (Å²) < 4.78 is 13.5. The highest BCUT2D eigenvalue weighted by molar-refractivity contribution is 5.85. The fraction of sp³-hybridized carbons (Fsp3) is 1.00. The normalized spacial score (nSPS) is 29.8. The van der Waals surface area contributed by atoms with Crippen molar-refractivity contribution in [1.82, 2.24) is 4.90 Å². The van der Waals surface area contributed by atoms with E-state index in [1.807, 2.05) is 0 Å². The summed E-state index contributed by atoms with van der Waals surface area (Å²) in [6.45, 7) is 4.99. The Hall–Kier alpha value is 0.140. The molecule has 0 radical (unpaired) electrons. The molecule has 1 saturated heterocycles. The molecule has 0 aromatic heterocycles. The average Bonchev–Trinajstić information content (AvgIpc) is 1.99. The molecule has 1 rings (SSSR count). The lowest BCUT2D eigenvalue weighted by atomic mass is 9.97. The summed E-state index contributed by atoms with van der Waals surface area (Å²) in [5, 5.41) is 0. The van der Waals surface area contributed by atoms with Crippen LogP contribution >= 0.6 is 12.4 Å². The maximum absolute atomic E-state index is 13.5. The molecule has 0 saturated carbocycles.